The molecule has 2 amide bonds. The molecule has 0 aliphatic carbocycles. The van der Waals surface area contributed by atoms with E-state index in [4.69, 9.17) is 4.74 Å². The maximum atomic E-state index is 12.7. The van der Waals surface area contributed by atoms with Gasteiger partial charge in [-0.3, -0.25) is 9.59 Å². The van der Waals surface area contributed by atoms with Crippen molar-refractivity contribution < 1.29 is 27.5 Å². The first-order chi connectivity index (χ1) is 16.7. The second-order valence-electron chi connectivity index (χ2n) is 8.43. The van der Waals surface area contributed by atoms with Crippen molar-refractivity contribution in [2.45, 2.75) is 31.4 Å². The Morgan fingerprint density at radius 1 is 1.00 bits per heavy atom. The van der Waals surface area contributed by atoms with Gasteiger partial charge in [-0.25, -0.2) is 0 Å². The largest absolute Gasteiger partial charge is 0.487 e. The molecular formula is C26H25F3N2O3S. The van der Waals surface area contributed by atoms with E-state index in [2.05, 4.69) is 5.32 Å². The lowest BCUT2D eigenvalue weighted by molar-refractivity contribution is -0.137. The predicted octanol–water partition coefficient (Wildman–Crippen LogP) is 5.98. The van der Waals surface area contributed by atoms with E-state index >= 15 is 0 Å². The van der Waals surface area contributed by atoms with Crippen LogP contribution in [-0.4, -0.2) is 36.9 Å². The molecule has 1 aliphatic rings. The minimum absolute atomic E-state index is 0.0114. The SMILES string of the molecule is COc1ccc(C(=O)N2CCC(c3ccc(NC(=O)Cc4ccc(C(F)(F)F)cc4)cc3)CC2)s1. The third-order valence-corrected chi connectivity index (χ3v) is 7.12. The summed E-state index contributed by atoms with van der Waals surface area (Å²) in [7, 11) is 1.58. The molecule has 0 saturated carbocycles. The zero-order valence-corrected chi connectivity index (χ0v) is 19.9. The third kappa shape index (κ3) is 6.22. The molecule has 2 aromatic carbocycles. The van der Waals surface area contributed by atoms with Crippen LogP contribution in [0.4, 0.5) is 18.9 Å². The number of alkyl halides is 3. The fourth-order valence-corrected chi connectivity index (χ4v) is 4.95. The van der Waals surface area contributed by atoms with Crippen LogP contribution in [-0.2, 0) is 17.4 Å². The Morgan fingerprint density at radius 2 is 1.66 bits per heavy atom. The van der Waals surface area contributed by atoms with Gasteiger partial charge in [0.2, 0.25) is 5.91 Å². The maximum absolute atomic E-state index is 12.7. The molecule has 1 saturated heterocycles. The lowest BCUT2D eigenvalue weighted by atomic mass is 9.89. The number of carbonyl (C=O) groups is 2. The summed E-state index contributed by atoms with van der Waals surface area (Å²) in [4.78, 5) is 27.6. The summed E-state index contributed by atoms with van der Waals surface area (Å²) in [6, 6.07) is 15.8. The van der Waals surface area contributed by atoms with Gasteiger partial charge in [0.15, 0.2) is 5.06 Å². The number of halogens is 3. The van der Waals surface area contributed by atoms with Crippen LogP contribution in [0.3, 0.4) is 0 Å². The third-order valence-electron chi connectivity index (χ3n) is 6.09. The lowest BCUT2D eigenvalue weighted by Crippen LogP contribution is -2.37. The summed E-state index contributed by atoms with van der Waals surface area (Å²) < 4.78 is 43.2. The number of benzene rings is 2. The van der Waals surface area contributed by atoms with E-state index in [1.807, 2.05) is 29.2 Å². The van der Waals surface area contributed by atoms with Crippen molar-refractivity contribution in [1.29, 1.82) is 0 Å². The van der Waals surface area contributed by atoms with Gasteiger partial charge in [0.05, 0.1) is 24.0 Å². The number of carbonyl (C=O) groups excluding carboxylic acids is 2. The summed E-state index contributed by atoms with van der Waals surface area (Å²) in [6.45, 7) is 1.35. The fourth-order valence-electron chi connectivity index (χ4n) is 4.16. The molecule has 3 aromatic rings. The van der Waals surface area contributed by atoms with Crippen molar-refractivity contribution in [2.24, 2.45) is 0 Å². The Labute approximate surface area is 205 Å². The first kappa shape index (κ1) is 24.8. The van der Waals surface area contributed by atoms with Crippen LogP contribution in [0.5, 0.6) is 5.06 Å². The van der Waals surface area contributed by atoms with Gasteiger partial charge in [-0.05, 0) is 66.3 Å². The number of hydrogen-bond donors (Lipinski definition) is 1. The van der Waals surface area contributed by atoms with Crippen molar-refractivity contribution in [3.8, 4) is 5.06 Å². The number of rotatable bonds is 6. The van der Waals surface area contributed by atoms with E-state index in [1.54, 1.807) is 19.2 Å². The monoisotopic (exact) mass is 502 g/mol. The second kappa shape index (κ2) is 10.5. The first-order valence-electron chi connectivity index (χ1n) is 11.2. The molecule has 2 heterocycles. The quantitative estimate of drug-likeness (QED) is 0.451. The van der Waals surface area contributed by atoms with Gasteiger partial charge in [0, 0.05) is 18.8 Å². The minimum atomic E-state index is -4.40. The van der Waals surface area contributed by atoms with Gasteiger partial charge >= 0.3 is 6.18 Å². The standard InChI is InChI=1S/C26H25F3N2O3S/c1-34-24-11-10-22(35-24)25(33)31-14-12-19(13-15-31)18-4-8-21(9-5-18)30-23(32)16-17-2-6-20(7-3-17)26(27,28)29/h2-11,19H,12-16H2,1H3,(H,30,32). The normalized spacial score (nSPS) is 14.6. The molecule has 0 radical (unpaired) electrons. The van der Waals surface area contributed by atoms with E-state index in [0.29, 0.717) is 35.1 Å². The number of thiophene rings is 1. The molecule has 0 spiro atoms. The van der Waals surface area contributed by atoms with Crippen LogP contribution in [0.15, 0.2) is 60.7 Å². The van der Waals surface area contributed by atoms with Crippen molar-refractivity contribution >= 4 is 28.8 Å². The smallest absolute Gasteiger partial charge is 0.416 e. The summed E-state index contributed by atoms with van der Waals surface area (Å²) in [5.41, 5.74) is 1.55. The Bertz CT molecular complexity index is 1170. The molecule has 1 N–H and O–H groups in total. The highest BCUT2D eigenvalue weighted by Gasteiger charge is 2.30. The Balaban J connectivity index is 1.27. The predicted molar refractivity (Wildman–Crippen MR) is 129 cm³/mol. The number of nitrogens with zero attached hydrogens (tertiary/aromatic N) is 1. The fraction of sp³-hybridized carbons (Fsp3) is 0.308. The second-order valence-corrected chi connectivity index (χ2v) is 9.48. The molecule has 9 heteroatoms. The van der Waals surface area contributed by atoms with E-state index < -0.39 is 11.7 Å². The highest BCUT2D eigenvalue weighted by molar-refractivity contribution is 7.15. The molecule has 0 atom stereocenters. The summed E-state index contributed by atoms with van der Waals surface area (Å²) in [5.74, 6) is 0.0613. The maximum Gasteiger partial charge on any atom is 0.416 e. The van der Waals surface area contributed by atoms with Gasteiger partial charge in [-0.15, -0.1) is 0 Å². The lowest BCUT2D eigenvalue weighted by Gasteiger charge is -2.32. The van der Waals surface area contributed by atoms with Crippen molar-refractivity contribution in [3.05, 3.63) is 82.2 Å². The Morgan fingerprint density at radius 3 is 2.23 bits per heavy atom. The average Bonchev–Trinajstić information content (AvgIpc) is 3.33. The molecular weight excluding hydrogens is 477 g/mol. The van der Waals surface area contributed by atoms with Crippen LogP contribution in [0.1, 0.15) is 45.1 Å². The van der Waals surface area contributed by atoms with Crippen LogP contribution in [0.25, 0.3) is 0 Å². The van der Waals surface area contributed by atoms with Crippen LogP contribution in [0, 0.1) is 0 Å². The topological polar surface area (TPSA) is 58.6 Å². The van der Waals surface area contributed by atoms with Gasteiger partial charge in [-0.2, -0.15) is 13.2 Å². The van der Waals surface area contributed by atoms with Gasteiger partial charge < -0.3 is 15.0 Å². The number of piperidine rings is 1. The van der Waals surface area contributed by atoms with E-state index in [-0.39, 0.29) is 18.2 Å². The average molecular weight is 503 g/mol. The molecule has 1 aromatic heterocycles. The number of amides is 2. The number of anilines is 1. The number of likely N-dealkylation sites (tertiary alicyclic amines) is 1. The molecule has 5 nitrogen and oxygen atoms in total. The van der Waals surface area contributed by atoms with E-state index in [9.17, 15) is 22.8 Å². The number of nitrogens with one attached hydrogen (secondary N) is 1. The zero-order valence-electron chi connectivity index (χ0n) is 19.1. The Hall–Kier alpha value is -3.33. The molecule has 4 rings (SSSR count). The van der Waals surface area contributed by atoms with Gasteiger partial charge in [0.1, 0.15) is 0 Å². The summed E-state index contributed by atoms with van der Waals surface area (Å²) in [6.07, 6.45) is -2.70. The van der Waals surface area contributed by atoms with Crippen molar-refractivity contribution in [3.63, 3.8) is 0 Å². The highest BCUT2D eigenvalue weighted by atomic mass is 32.1. The molecule has 0 unspecified atom stereocenters. The Kier molecular flexibility index (Phi) is 7.45. The molecule has 1 aliphatic heterocycles. The summed E-state index contributed by atoms with van der Waals surface area (Å²) >= 11 is 1.35. The molecule has 184 valence electrons. The molecule has 35 heavy (non-hydrogen) atoms. The van der Waals surface area contributed by atoms with Crippen molar-refractivity contribution in [2.75, 3.05) is 25.5 Å². The van der Waals surface area contributed by atoms with Gasteiger partial charge in [-0.1, -0.05) is 35.6 Å². The number of hydrogen-bond acceptors (Lipinski definition) is 4. The highest BCUT2D eigenvalue weighted by Crippen LogP contribution is 2.32. The number of methoxy groups -OCH3 is 1. The van der Waals surface area contributed by atoms with E-state index in [0.717, 1.165) is 35.6 Å². The van der Waals surface area contributed by atoms with Crippen LogP contribution >= 0.6 is 11.3 Å². The van der Waals surface area contributed by atoms with Crippen LogP contribution < -0.4 is 10.1 Å². The van der Waals surface area contributed by atoms with E-state index in [1.165, 1.54) is 23.5 Å². The first-order valence-corrected chi connectivity index (χ1v) is 12.0. The molecule has 0 bridgehead atoms. The minimum Gasteiger partial charge on any atom is -0.487 e. The molecule has 1 fully saturated rings. The number of ether oxygens (including phenoxy) is 1. The van der Waals surface area contributed by atoms with Gasteiger partial charge in [0.25, 0.3) is 5.91 Å². The van der Waals surface area contributed by atoms with Crippen LogP contribution in [0.2, 0.25) is 0 Å². The zero-order chi connectivity index (χ0) is 25.0. The van der Waals surface area contributed by atoms with Crippen molar-refractivity contribution in [1.82, 2.24) is 4.90 Å². The summed E-state index contributed by atoms with van der Waals surface area (Å²) in [5, 5.41) is 3.51.